The molecule has 0 aliphatic rings. The smallest absolute Gasteiger partial charge is 0.114 e. The lowest BCUT2D eigenvalue weighted by Gasteiger charge is -2.04. The summed E-state index contributed by atoms with van der Waals surface area (Å²) in [4.78, 5) is 5.64. The summed E-state index contributed by atoms with van der Waals surface area (Å²) < 4.78 is 9.46. The number of unbranched alkanes of at least 4 members (excludes halogenated alkanes) is 10. The summed E-state index contributed by atoms with van der Waals surface area (Å²) in [6.07, 6.45) is 18.6. The lowest BCUT2D eigenvalue weighted by atomic mass is 10.1. The van der Waals surface area contributed by atoms with Gasteiger partial charge in [-0.2, -0.15) is 8.75 Å². The van der Waals surface area contributed by atoms with E-state index >= 15 is 0 Å². The first kappa shape index (κ1) is 26.5. The van der Waals surface area contributed by atoms with Gasteiger partial charge in [0.1, 0.15) is 11.0 Å². The highest BCUT2D eigenvalue weighted by Gasteiger charge is 2.16. The van der Waals surface area contributed by atoms with E-state index in [1.165, 1.54) is 132 Å². The number of fused-ring (bicyclic) bond motifs is 1. The fraction of sp³-hybridized carbons (Fsp3) is 0.533. The molecule has 188 valence electrons. The zero-order valence-corrected chi connectivity index (χ0v) is 23.9. The Bertz CT molecular complexity index is 1070. The van der Waals surface area contributed by atoms with Crippen molar-refractivity contribution < 1.29 is 0 Å². The average Bonchev–Trinajstić information content (AvgIpc) is 3.64. The number of aryl methyl sites for hydroxylation is 2. The van der Waals surface area contributed by atoms with Crippen molar-refractivity contribution in [1.29, 1.82) is 0 Å². The van der Waals surface area contributed by atoms with Crippen LogP contribution in [-0.2, 0) is 12.8 Å². The van der Waals surface area contributed by atoms with E-state index in [1.807, 2.05) is 22.7 Å². The lowest BCUT2D eigenvalue weighted by molar-refractivity contribution is 0.609. The van der Waals surface area contributed by atoms with Crippen molar-refractivity contribution in [3.8, 4) is 20.9 Å². The summed E-state index contributed by atoms with van der Waals surface area (Å²) in [5.41, 5.74) is 4.60. The second-order valence-electron chi connectivity index (χ2n) is 9.69. The summed E-state index contributed by atoms with van der Waals surface area (Å²) in [6, 6.07) is 13.8. The minimum atomic E-state index is 1.06. The summed E-state index contributed by atoms with van der Waals surface area (Å²) in [7, 11) is 0. The Morgan fingerprint density at radius 2 is 0.943 bits per heavy atom. The van der Waals surface area contributed by atoms with Crippen LogP contribution in [0.5, 0.6) is 0 Å². The van der Waals surface area contributed by atoms with Gasteiger partial charge in [0.05, 0.1) is 11.7 Å². The Morgan fingerprint density at radius 1 is 0.514 bits per heavy atom. The van der Waals surface area contributed by atoms with Crippen LogP contribution in [-0.4, -0.2) is 8.75 Å². The quantitative estimate of drug-likeness (QED) is 0.136. The van der Waals surface area contributed by atoms with Crippen LogP contribution in [0.25, 0.3) is 31.9 Å². The minimum Gasteiger partial charge on any atom is -0.172 e. The number of hydrogen-bond donors (Lipinski definition) is 0. The van der Waals surface area contributed by atoms with Gasteiger partial charge in [0.2, 0.25) is 0 Å². The van der Waals surface area contributed by atoms with Crippen molar-refractivity contribution in [2.75, 3.05) is 0 Å². The maximum absolute atomic E-state index is 4.73. The highest BCUT2D eigenvalue weighted by molar-refractivity contribution is 7.16. The van der Waals surface area contributed by atoms with E-state index in [-0.39, 0.29) is 0 Å². The first-order valence-corrected chi connectivity index (χ1v) is 16.1. The molecule has 4 aromatic rings. The molecule has 1 aromatic carbocycles. The molecule has 0 radical (unpaired) electrons. The van der Waals surface area contributed by atoms with Crippen LogP contribution in [0.2, 0.25) is 0 Å². The van der Waals surface area contributed by atoms with Crippen LogP contribution in [0.4, 0.5) is 0 Å². The van der Waals surface area contributed by atoms with Gasteiger partial charge in [-0.3, -0.25) is 0 Å². The van der Waals surface area contributed by atoms with Gasteiger partial charge in [-0.1, -0.05) is 90.2 Å². The number of hydrogen-bond acceptors (Lipinski definition) is 5. The van der Waals surface area contributed by atoms with E-state index in [4.69, 9.17) is 8.75 Å². The molecule has 3 heterocycles. The van der Waals surface area contributed by atoms with Gasteiger partial charge in [0.25, 0.3) is 0 Å². The molecule has 2 nitrogen and oxygen atoms in total. The highest BCUT2D eigenvalue weighted by atomic mass is 32.1. The molecule has 0 aliphatic heterocycles. The molecule has 0 spiro atoms. The first-order valence-electron chi connectivity index (χ1n) is 13.7. The predicted octanol–water partition coefficient (Wildman–Crippen LogP) is 11.0. The largest absolute Gasteiger partial charge is 0.172 e. The van der Waals surface area contributed by atoms with Gasteiger partial charge < -0.3 is 0 Å². The van der Waals surface area contributed by atoms with Crippen LogP contribution < -0.4 is 0 Å². The van der Waals surface area contributed by atoms with Gasteiger partial charge >= 0.3 is 0 Å². The summed E-state index contributed by atoms with van der Waals surface area (Å²) >= 11 is 5.21. The number of thiophene rings is 2. The summed E-state index contributed by atoms with van der Waals surface area (Å²) in [6.45, 7) is 4.56. The van der Waals surface area contributed by atoms with Gasteiger partial charge in [-0.15, -0.1) is 22.7 Å². The third kappa shape index (κ3) is 7.47. The molecule has 4 rings (SSSR count). The van der Waals surface area contributed by atoms with Crippen LogP contribution >= 0.6 is 34.4 Å². The van der Waals surface area contributed by atoms with E-state index in [0.717, 1.165) is 11.0 Å². The van der Waals surface area contributed by atoms with Crippen LogP contribution in [0.3, 0.4) is 0 Å². The third-order valence-corrected chi connectivity index (χ3v) is 9.71. The van der Waals surface area contributed by atoms with Gasteiger partial charge in [0, 0.05) is 30.6 Å². The number of benzene rings is 1. The molecule has 3 aromatic heterocycles. The Balaban J connectivity index is 1.39. The molecule has 0 bridgehead atoms. The van der Waals surface area contributed by atoms with Crippen molar-refractivity contribution in [3.05, 3.63) is 46.2 Å². The highest BCUT2D eigenvalue weighted by Crippen LogP contribution is 2.39. The predicted molar refractivity (Wildman–Crippen MR) is 158 cm³/mol. The molecule has 0 N–H and O–H groups in total. The monoisotopic (exact) mass is 524 g/mol. The Labute approximate surface area is 224 Å². The van der Waals surface area contributed by atoms with Crippen LogP contribution in [0, 0.1) is 0 Å². The SMILES string of the molecule is CCCCCCCCc1ccc(-c2ccc(-c3ccc(CCCCCCCC)s3)c3nsnc23)s1. The zero-order chi connectivity index (χ0) is 24.3. The topological polar surface area (TPSA) is 25.8 Å². The molecule has 0 saturated heterocycles. The number of aromatic nitrogens is 2. The van der Waals surface area contributed by atoms with Gasteiger partial charge in [-0.25, -0.2) is 0 Å². The normalized spacial score (nSPS) is 11.6. The molecule has 0 atom stereocenters. The van der Waals surface area contributed by atoms with Crippen molar-refractivity contribution in [2.45, 2.75) is 104 Å². The van der Waals surface area contributed by atoms with E-state index in [9.17, 15) is 0 Å². The summed E-state index contributed by atoms with van der Waals surface area (Å²) in [5.74, 6) is 0. The fourth-order valence-corrected chi connectivity index (χ4v) is 7.46. The third-order valence-electron chi connectivity index (χ3n) is 6.82. The molecule has 35 heavy (non-hydrogen) atoms. The molecular formula is C30H40N2S3. The molecular weight excluding hydrogens is 485 g/mol. The maximum atomic E-state index is 4.73. The summed E-state index contributed by atoms with van der Waals surface area (Å²) in [5, 5.41) is 0. The Hall–Kier alpha value is -1.56. The van der Waals surface area contributed by atoms with E-state index in [2.05, 4.69) is 50.2 Å². The first-order chi connectivity index (χ1) is 17.3. The molecule has 0 aliphatic carbocycles. The van der Waals surface area contributed by atoms with E-state index in [0.29, 0.717) is 0 Å². The number of nitrogens with zero attached hydrogens (tertiary/aromatic N) is 2. The Kier molecular flexibility index (Phi) is 10.8. The zero-order valence-electron chi connectivity index (χ0n) is 21.5. The molecule has 0 saturated carbocycles. The number of rotatable bonds is 16. The minimum absolute atomic E-state index is 1.06. The second kappa shape index (κ2) is 14.2. The van der Waals surface area contributed by atoms with Crippen molar-refractivity contribution in [3.63, 3.8) is 0 Å². The van der Waals surface area contributed by atoms with Crippen LogP contribution in [0.15, 0.2) is 36.4 Å². The fourth-order valence-electron chi connectivity index (χ4n) is 4.74. The van der Waals surface area contributed by atoms with Crippen molar-refractivity contribution in [1.82, 2.24) is 8.75 Å². The average molecular weight is 525 g/mol. The second-order valence-corrected chi connectivity index (χ2v) is 12.6. The standard InChI is InChI=1S/C30H40N2S3/c1-3-5-7-9-11-13-15-23-17-21-27(33-23)25-19-20-26(30-29(25)31-35-32-30)28-22-18-24(34-28)16-14-12-10-8-6-4-2/h17-22H,3-16H2,1-2H3. The molecule has 0 amide bonds. The van der Waals surface area contributed by atoms with E-state index in [1.54, 1.807) is 0 Å². The van der Waals surface area contributed by atoms with E-state index < -0.39 is 0 Å². The lowest BCUT2D eigenvalue weighted by Crippen LogP contribution is -1.83. The van der Waals surface area contributed by atoms with Crippen LogP contribution in [0.1, 0.15) is 101 Å². The molecule has 0 fully saturated rings. The molecule has 5 heteroatoms. The van der Waals surface area contributed by atoms with Gasteiger partial charge in [0.15, 0.2) is 0 Å². The maximum Gasteiger partial charge on any atom is 0.114 e. The Morgan fingerprint density at radius 3 is 1.40 bits per heavy atom. The van der Waals surface area contributed by atoms with Crippen molar-refractivity contribution in [2.24, 2.45) is 0 Å². The van der Waals surface area contributed by atoms with Gasteiger partial charge in [-0.05, 0) is 49.9 Å². The van der Waals surface area contributed by atoms with Crippen molar-refractivity contribution >= 4 is 45.4 Å². The molecule has 0 unspecified atom stereocenters.